The molecule has 0 aliphatic rings. The Hall–Kier alpha value is -2.33. The van der Waals surface area contributed by atoms with Crippen LogP contribution in [0.1, 0.15) is 5.69 Å². The number of hydrogen-bond donors (Lipinski definition) is 1. The first-order valence-corrected chi connectivity index (χ1v) is 6.64. The van der Waals surface area contributed by atoms with Crippen molar-refractivity contribution in [3.8, 4) is 17.0 Å². The van der Waals surface area contributed by atoms with Gasteiger partial charge >= 0.3 is 0 Å². The van der Waals surface area contributed by atoms with Crippen LogP contribution in [0.2, 0.25) is 0 Å². The Morgan fingerprint density at radius 2 is 2.10 bits per heavy atom. The molecule has 0 bridgehead atoms. The van der Waals surface area contributed by atoms with Crippen LogP contribution in [-0.2, 0) is 6.42 Å². The molecule has 20 heavy (non-hydrogen) atoms. The third kappa shape index (κ3) is 2.14. The molecular formula is C16H17N3O. The Morgan fingerprint density at radius 1 is 1.20 bits per heavy atom. The summed E-state index contributed by atoms with van der Waals surface area (Å²) in [6, 6.07) is 14.0. The Morgan fingerprint density at radius 3 is 2.90 bits per heavy atom. The SMILES string of the molecule is COc1cccc(-c2c(CCN)nc3ccccn23)c1. The third-order valence-electron chi connectivity index (χ3n) is 3.33. The number of pyridine rings is 1. The van der Waals surface area contributed by atoms with Crippen LogP contribution < -0.4 is 10.5 Å². The highest BCUT2D eigenvalue weighted by Crippen LogP contribution is 2.28. The van der Waals surface area contributed by atoms with E-state index in [1.54, 1.807) is 7.11 Å². The molecule has 0 spiro atoms. The number of ether oxygens (including phenoxy) is 1. The van der Waals surface area contributed by atoms with Crippen LogP contribution in [0.25, 0.3) is 16.9 Å². The molecule has 3 rings (SSSR count). The molecule has 0 aliphatic carbocycles. The van der Waals surface area contributed by atoms with Gasteiger partial charge in [0.25, 0.3) is 0 Å². The molecule has 3 aromatic rings. The highest BCUT2D eigenvalue weighted by Gasteiger charge is 2.13. The second kappa shape index (κ2) is 5.35. The Kier molecular flexibility index (Phi) is 3.39. The fourth-order valence-electron chi connectivity index (χ4n) is 2.43. The number of nitrogens with two attached hydrogens (primary N) is 1. The van der Waals surface area contributed by atoms with Crippen LogP contribution in [-0.4, -0.2) is 23.0 Å². The quantitative estimate of drug-likeness (QED) is 0.790. The molecule has 2 aromatic heterocycles. The molecule has 0 radical (unpaired) electrons. The van der Waals surface area contributed by atoms with Gasteiger partial charge in [-0.2, -0.15) is 0 Å². The summed E-state index contributed by atoms with van der Waals surface area (Å²) in [7, 11) is 1.68. The molecule has 4 nitrogen and oxygen atoms in total. The Labute approximate surface area is 117 Å². The lowest BCUT2D eigenvalue weighted by atomic mass is 10.1. The fourth-order valence-corrected chi connectivity index (χ4v) is 2.43. The normalized spacial score (nSPS) is 10.9. The van der Waals surface area contributed by atoms with E-state index in [-0.39, 0.29) is 0 Å². The van der Waals surface area contributed by atoms with Crippen molar-refractivity contribution >= 4 is 5.65 Å². The highest BCUT2D eigenvalue weighted by molar-refractivity contribution is 5.68. The minimum atomic E-state index is 0.584. The average molecular weight is 267 g/mol. The molecule has 2 heterocycles. The van der Waals surface area contributed by atoms with Crippen molar-refractivity contribution in [1.82, 2.24) is 9.38 Å². The second-order valence-corrected chi connectivity index (χ2v) is 4.61. The minimum Gasteiger partial charge on any atom is -0.497 e. The average Bonchev–Trinajstić information content (AvgIpc) is 2.85. The predicted molar refractivity (Wildman–Crippen MR) is 79.9 cm³/mol. The van der Waals surface area contributed by atoms with Gasteiger partial charge in [-0.15, -0.1) is 0 Å². The van der Waals surface area contributed by atoms with Gasteiger partial charge in [-0.1, -0.05) is 18.2 Å². The van der Waals surface area contributed by atoms with Crippen LogP contribution in [0.5, 0.6) is 5.75 Å². The third-order valence-corrected chi connectivity index (χ3v) is 3.33. The van der Waals surface area contributed by atoms with Crippen molar-refractivity contribution < 1.29 is 4.74 Å². The van der Waals surface area contributed by atoms with E-state index in [9.17, 15) is 0 Å². The summed E-state index contributed by atoms with van der Waals surface area (Å²) in [5.74, 6) is 0.840. The van der Waals surface area contributed by atoms with Crippen molar-refractivity contribution in [2.24, 2.45) is 5.73 Å². The molecule has 0 atom stereocenters. The smallest absolute Gasteiger partial charge is 0.137 e. The number of aromatic nitrogens is 2. The zero-order valence-electron chi connectivity index (χ0n) is 11.4. The molecule has 4 heteroatoms. The van der Waals surface area contributed by atoms with E-state index in [2.05, 4.69) is 15.5 Å². The van der Waals surface area contributed by atoms with E-state index in [1.807, 2.05) is 42.6 Å². The summed E-state index contributed by atoms with van der Waals surface area (Å²) in [6.07, 6.45) is 2.78. The van der Waals surface area contributed by atoms with Gasteiger partial charge in [0.15, 0.2) is 0 Å². The van der Waals surface area contributed by atoms with E-state index in [0.29, 0.717) is 6.54 Å². The maximum atomic E-state index is 5.71. The van der Waals surface area contributed by atoms with Crippen LogP contribution in [0.3, 0.4) is 0 Å². The molecule has 2 N–H and O–H groups in total. The van der Waals surface area contributed by atoms with Gasteiger partial charge in [0.1, 0.15) is 11.4 Å². The van der Waals surface area contributed by atoms with Gasteiger partial charge in [-0.3, -0.25) is 4.40 Å². The van der Waals surface area contributed by atoms with Crippen molar-refractivity contribution in [2.45, 2.75) is 6.42 Å². The summed E-state index contributed by atoms with van der Waals surface area (Å²) in [5.41, 5.74) is 9.85. The number of rotatable bonds is 4. The van der Waals surface area contributed by atoms with Gasteiger partial charge in [0, 0.05) is 18.2 Å². The van der Waals surface area contributed by atoms with E-state index < -0.39 is 0 Å². The topological polar surface area (TPSA) is 52.5 Å². The van der Waals surface area contributed by atoms with E-state index in [0.717, 1.165) is 34.8 Å². The van der Waals surface area contributed by atoms with Crippen molar-refractivity contribution in [2.75, 3.05) is 13.7 Å². The van der Waals surface area contributed by atoms with E-state index in [4.69, 9.17) is 10.5 Å². The summed E-state index contributed by atoms with van der Waals surface area (Å²) >= 11 is 0. The number of hydrogen-bond acceptors (Lipinski definition) is 3. The van der Waals surface area contributed by atoms with E-state index in [1.165, 1.54) is 0 Å². The first-order valence-electron chi connectivity index (χ1n) is 6.64. The lowest BCUT2D eigenvalue weighted by Gasteiger charge is -2.07. The Balaban J connectivity index is 2.24. The van der Waals surface area contributed by atoms with Crippen LogP contribution in [0, 0.1) is 0 Å². The number of imidazole rings is 1. The molecule has 102 valence electrons. The molecule has 0 amide bonds. The van der Waals surface area contributed by atoms with Gasteiger partial charge in [0.2, 0.25) is 0 Å². The standard InChI is InChI=1S/C16H17N3O/c1-20-13-6-4-5-12(11-13)16-14(8-9-17)18-15-7-2-3-10-19(15)16/h2-7,10-11H,8-9,17H2,1H3. The van der Waals surface area contributed by atoms with Crippen LogP contribution >= 0.6 is 0 Å². The number of methoxy groups -OCH3 is 1. The van der Waals surface area contributed by atoms with Gasteiger partial charge in [-0.25, -0.2) is 4.98 Å². The second-order valence-electron chi connectivity index (χ2n) is 4.61. The van der Waals surface area contributed by atoms with Crippen LogP contribution in [0.4, 0.5) is 0 Å². The number of fused-ring (bicyclic) bond motifs is 1. The zero-order chi connectivity index (χ0) is 13.9. The largest absolute Gasteiger partial charge is 0.497 e. The van der Waals surface area contributed by atoms with Crippen molar-refractivity contribution in [3.63, 3.8) is 0 Å². The molecule has 0 saturated carbocycles. The number of nitrogens with zero attached hydrogens (tertiary/aromatic N) is 2. The van der Waals surface area contributed by atoms with Gasteiger partial charge < -0.3 is 10.5 Å². The maximum absolute atomic E-state index is 5.71. The van der Waals surface area contributed by atoms with Crippen molar-refractivity contribution in [3.05, 3.63) is 54.4 Å². The lowest BCUT2D eigenvalue weighted by molar-refractivity contribution is 0.415. The summed E-state index contributed by atoms with van der Waals surface area (Å²) in [5, 5.41) is 0. The molecule has 1 aromatic carbocycles. The zero-order valence-corrected chi connectivity index (χ0v) is 11.4. The summed E-state index contributed by atoms with van der Waals surface area (Å²) in [4.78, 5) is 4.68. The fraction of sp³-hybridized carbons (Fsp3) is 0.188. The minimum absolute atomic E-state index is 0.584. The monoisotopic (exact) mass is 267 g/mol. The van der Waals surface area contributed by atoms with Gasteiger partial charge in [0.05, 0.1) is 18.5 Å². The first-order chi connectivity index (χ1) is 9.83. The summed E-state index contributed by atoms with van der Waals surface area (Å²) in [6.45, 7) is 0.584. The predicted octanol–water partition coefficient (Wildman–Crippen LogP) is 2.51. The lowest BCUT2D eigenvalue weighted by Crippen LogP contribution is -2.04. The van der Waals surface area contributed by atoms with E-state index >= 15 is 0 Å². The molecule has 0 saturated heterocycles. The molecular weight excluding hydrogens is 250 g/mol. The molecule has 0 fully saturated rings. The number of benzene rings is 1. The van der Waals surface area contributed by atoms with Crippen molar-refractivity contribution in [1.29, 1.82) is 0 Å². The molecule has 0 aliphatic heterocycles. The first kappa shape index (κ1) is 12.7. The molecule has 0 unspecified atom stereocenters. The maximum Gasteiger partial charge on any atom is 0.137 e. The Bertz CT molecular complexity index is 733. The van der Waals surface area contributed by atoms with Crippen LogP contribution in [0.15, 0.2) is 48.7 Å². The van der Waals surface area contributed by atoms with Gasteiger partial charge in [-0.05, 0) is 30.8 Å². The highest BCUT2D eigenvalue weighted by atomic mass is 16.5. The summed E-state index contributed by atoms with van der Waals surface area (Å²) < 4.78 is 7.41.